The Kier molecular flexibility index (Phi) is 5.12. The lowest BCUT2D eigenvalue weighted by Crippen LogP contribution is -2.25. The molecule has 1 unspecified atom stereocenters. The lowest BCUT2D eigenvalue weighted by molar-refractivity contribution is -0.385. The van der Waals surface area contributed by atoms with E-state index in [0.717, 1.165) is 5.82 Å². The van der Waals surface area contributed by atoms with Crippen molar-refractivity contribution < 1.29 is 10.0 Å². The minimum Gasteiger partial charge on any atom is -0.387 e. The van der Waals surface area contributed by atoms with Crippen LogP contribution in [0.4, 0.5) is 5.69 Å². The van der Waals surface area contributed by atoms with E-state index in [0.29, 0.717) is 23.8 Å². The van der Waals surface area contributed by atoms with Crippen LogP contribution in [0.5, 0.6) is 0 Å². The second kappa shape index (κ2) is 6.87. The number of aromatic nitrogens is 2. The van der Waals surface area contributed by atoms with Gasteiger partial charge in [-0.05, 0) is 12.6 Å². The van der Waals surface area contributed by atoms with Crippen molar-refractivity contribution in [2.24, 2.45) is 7.05 Å². The molecule has 22 heavy (non-hydrogen) atoms. The second-order valence-corrected chi connectivity index (χ2v) is 5.51. The van der Waals surface area contributed by atoms with Crippen LogP contribution in [0.3, 0.4) is 0 Å². The highest BCUT2D eigenvalue weighted by Crippen LogP contribution is 2.20. The van der Waals surface area contributed by atoms with Gasteiger partial charge in [0, 0.05) is 25.7 Å². The van der Waals surface area contributed by atoms with Crippen molar-refractivity contribution >= 4 is 17.3 Å². The molecule has 0 bridgehead atoms. The molecule has 0 amide bonds. The number of benzene rings is 1. The first-order chi connectivity index (χ1) is 10.4. The predicted molar refractivity (Wildman–Crippen MR) is 82.6 cm³/mol. The van der Waals surface area contributed by atoms with Crippen LogP contribution in [0.25, 0.3) is 0 Å². The van der Waals surface area contributed by atoms with Gasteiger partial charge in [-0.25, -0.2) is 4.98 Å². The van der Waals surface area contributed by atoms with E-state index in [-0.39, 0.29) is 5.69 Å². The maximum Gasteiger partial charge on any atom is 0.269 e. The van der Waals surface area contributed by atoms with E-state index >= 15 is 0 Å². The van der Waals surface area contributed by atoms with Gasteiger partial charge in [-0.1, -0.05) is 23.7 Å². The molecular weight excluding hydrogens is 308 g/mol. The fraction of sp³-hybridized carbons (Fsp3) is 0.357. The van der Waals surface area contributed by atoms with Gasteiger partial charge in [-0.15, -0.1) is 0 Å². The lowest BCUT2D eigenvalue weighted by atomic mass is 10.1. The number of rotatable bonds is 6. The normalized spacial score (nSPS) is 12.6. The number of hydrogen-bond acceptors (Lipinski definition) is 5. The molecule has 2 rings (SSSR count). The molecule has 0 aliphatic heterocycles. The van der Waals surface area contributed by atoms with E-state index in [1.54, 1.807) is 22.9 Å². The van der Waals surface area contributed by atoms with Crippen molar-refractivity contribution in [1.29, 1.82) is 0 Å². The van der Waals surface area contributed by atoms with Gasteiger partial charge in [0.1, 0.15) is 11.0 Å². The molecule has 0 saturated carbocycles. The van der Waals surface area contributed by atoms with Crippen molar-refractivity contribution in [2.75, 3.05) is 13.6 Å². The van der Waals surface area contributed by atoms with Crippen LogP contribution in [-0.2, 0) is 13.6 Å². The summed E-state index contributed by atoms with van der Waals surface area (Å²) in [5.41, 5.74) is 0.481. The summed E-state index contributed by atoms with van der Waals surface area (Å²) in [5, 5.41) is 21.5. The average Bonchev–Trinajstić information content (AvgIpc) is 2.79. The van der Waals surface area contributed by atoms with Gasteiger partial charge in [0.2, 0.25) is 0 Å². The molecule has 0 saturated heterocycles. The maximum atomic E-state index is 10.8. The Balaban J connectivity index is 2.02. The van der Waals surface area contributed by atoms with Gasteiger partial charge in [-0.3, -0.25) is 15.0 Å². The number of halogens is 1. The number of nitro benzene ring substituents is 1. The zero-order valence-corrected chi connectivity index (χ0v) is 13.1. The molecule has 1 aromatic carbocycles. The standard InChI is InChI=1S/C14H17ClN4O3/c1-17(9-14-16-7-13(15)18(14)2)8-12(20)10-4-3-5-11(6-10)19(21)22/h3-7,12,20H,8-9H2,1-2H3. The number of hydrogen-bond donors (Lipinski definition) is 1. The van der Waals surface area contributed by atoms with Crippen molar-refractivity contribution in [1.82, 2.24) is 14.5 Å². The molecule has 1 aromatic heterocycles. The van der Waals surface area contributed by atoms with Crippen molar-refractivity contribution in [2.45, 2.75) is 12.6 Å². The summed E-state index contributed by atoms with van der Waals surface area (Å²) >= 11 is 5.93. The highest BCUT2D eigenvalue weighted by atomic mass is 35.5. The van der Waals surface area contributed by atoms with E-state index in [2.05, 4.69) is 4.98 Å². The molecule has 118 valence electrons. The second-order valence-electron chi connectivity index (χ2n) is 5.12. The number of likely N-dealkylation sites (N-methyl/N-ethyl adjacent to an activating group) is 1. The Morgan fingerprint density at radius 2 is 2.27 bits per heavy atom. The summed E-state index contributed by atoms with van der Waals surface area (Å²) in [4.78, 5) is 16.4. The van der Waals surface area contributed by atoms with Crippen LogP contribution in [0.1, 0.15) is 17.5 Å². The van der Waals surface area contributed by atoms with E-state index < -0.39 is 11.0 Å². The Morgan fingerprint density at radius 3 is 2.86 bits per heavy atom. The van der Waals surface area contributed by atoms with E-state index in [1.165, 1.54) is 12.1 Å². The lowest BCUT2D eigenvalue weighted by Gasteiger charge is -2.20. The molecule has 1 atom stereocenters. The smallest absolute Gasteiger partial charge is 0.269 e. The van der Waals surface area contributed by atoms with Crippen molar-refractivity contribution in [3.05, 3.63) is 57.1 Å². The number of nitro groups is 1. The highest BCUT2D eigenvalue weighted by molar-refractivity contribution is 6.29. The summed E-state index contributed by atoms with van der Waals surface area (Å²) in [6.45, 7) is 0.834. The first kappa shape index (κ1) is 16.4. The topological polar surface area (TPSA) is 84.4 Å². The predicted octanol–water partition coefficient (Wildman–Crippen LogP) is 2.15. The number of non-ortho nitro benzene ring substituents is 1. The van der Waals surface area contributed by atoms with Crippen LogP contribution in [-0.4, -0.2) is 38.1 Å². The molecule has 0 fully saturated rings. The summed E-state index contributed by atoms with van der Waals surface area (Å²) in [6.07, 6.45) is 0.752. The molecule has 0 aliphatic rings. The third kappa shape index (κ3) is 3.82. The zero-order chi connectivity index (χ0) is 16.3. The largest absolute Gasteiger partial charge is 0.387 e. The summed E-state index contributed by atoms with van der Waals surface area (Å²) in [7, 11) is 3.65. The minimum atomic E-state index is -0.819. The monoisotopic (exact) mass is 324 g/mol. The third-order valence-electron chi connectivity index (χ3n) is 3.39. The molecule has 2 aromatic rings. The number of aliphatic hydroxyl groups excluding tert-OH is 1. The Morgan fingerprint density at radius 1 is 1.55 bits per heavy atom. The molecule has 0 radical (unpaired) electrons. The van der Waals surface area contributed by atoms with Crippen LogP contribution in [0, 0.1) is 10.1 Å². The SMILES string of the molecule is CN(Cc1ncc(Cl)n1C)CC(O)c1cccc([N+](=O)[O-])c1. The molecule has 1 heterocycles. The van der Waals surface area contributed by atoms with Crippen LogP contribution >= 0.6 is 11.6 Å². The Labute approximate surface area is 132 Å². The summed E-state index contributed by atoms with van der Waals surface area (Å²) < 4.78 is 1.76. The Bertz CT molecular complexity index is 674. The number of aliphatic hydroxyl groups is 1. The average molecular weight is 325 g/mol. The fourth-order valence-electron chi connectivity index (χ4n) is 2.12. The van der Waals surface area contributed by atoms with Gasteiger partial charge in [0.15, 0.2) is 0 Å². The molecular formula is C14H17ClN4O3. The fourth-order valence-corrected chi connectivity index (χ4v) is 2.27. The first-order valence-corrected chi connectivity index (χ1v) is 7.03. The van der Waals surface area contributed by atoms with E-state index in [1.807, 2.05) is 19.0 Å². The van der Waals surface area contributed by atoms with Crippen LogP contribution < -0.4 is 0 Å². The quantitative estimate of drug-likeness (QED) is 0.650. The van der Waals surface area contributed by atoms with Gasteiger partial charge in [-0.2, -0.15) is 0 Å². The molecule has 1 N–H and O–H groups in total. The number of nitrogens with zero attached hydrogens (tertiary/aromatic N) is 4. The minimum absolute atomic E-state index is 0.0323. The molecule has 7 nitrogen and oxygen atoms in total. The summed E-state index contributed by atoms with van der Waals surface area (Å²) in [5.74, 6) is 0.777. The van der Waals surface area contributed by atoms with Gasteiger partial charge >= 0.3 is 0 Å². The number of imidazole rings is 1. The van der Waals surface area contributed by atoms with Crippen molar-refractivity contribution in [3.63, 3.8) is 0 Å². The van der Waals surface area contributed by atoms with Crippen LogP contribution in [0.15, 0.2) is 30.5 Å². The zero-order valence-electron chi connectivity index (χ0n) is 12.3. The third-order valence-corrected chi connectivity index (χ3v) is 3.74. The van der Waals surface area contributed by atoms with Crippen molar-refractivity contribution in [3.8, 4) is 0 Å². The van der Waals surface area contributed by atoms with Gasteiger partial charge in [0.25, 0.3) is 5.69 Å². The Hall–Kier alpha value is -1.96. The van der Waals surface area contributed by atoms with Crippen LogP contribution in [0.2, 0.25) is 5.15 Å². The first-order valence-electron chi connectivity index (χ1n) is 6.65. The molecule has 0 spiro atoms. The molecule has 8 heteroatoms. The van der Waals surface area contributed by atoms with Gasteiger partial charge in [0.05, 0.1) is 23.8 Å². The molecule has 0 aliphatic carbocycles. The van der Waals surface area contributed by atoms with Gasteiger partial charge < -0.3 is 9.67 Å². The summed E-state index contributed by atoms with van der Waals surface area (Å²) in [6, 6.07) is 6.02. The maximum absolute atomic E-state index is 10.8. The highest BCUT2D eigenvalue weighted by Gasteiger charge is 2.16. The van der Waals surface area contributed by atoms with E-state index in [9.17, 15) is 15.2 Å². The van der Waals surface area contributed by atoms with E-state index in [4.69, 9.17) is 11.6 Å².